The van der Waals surface area contributed by atoms with Crippen molar-refractivity contribution in [3.8, 4) is 0 Å². The van der Waals surface area contributed by atoms with Crippen LogP contribution in [-0.4, -0.2) is 25.9 Å². The largest absolute Gasteiger partial charge is 0.353 e. The number of hydrogen-bond acceptors (Lipinski definition) is 3. The Morgan fingerprint density at radius 1 is 1.12 bits per heavy atom. The summed E-state index contributed by atoms with van der Waals surface area (Å²) in [7, 11) is -3.51. The fourth-order valence-electron chi connectivity index (χ4n) is 2.93. The van der Waals surface area contributed by atoms with Crippen LogP contribution in [0.5, 0.6) is 0 Å². The normalized spacial score (nSPS) is 16.3. The summed E-state index contributed by atoms with van der Waals surface area (Å²) in [5.74, 6) is 0.0768. The lowest BCUT2D eigenvalue weighted by Crippen LogP contribution is -2.40. The Bertz CT molecular complexity index is 654. The Labute approximate surface area is 145 Å². The lowest BCUT2D eigenvalue weighted by atomic mass is 10.1. The van der Waals surface area contributed by atoms with E-state index in [1.807, 2.05) is 20.8 Å². The van der Waals surface area contributed by atoms with Crippen molar-refractivity contribution in [2.75, 3.05) is 0 Å². The number of amides is 1. The third-order valence-corrected chi connectivity index (χ3v) is 5.81. The Hall–Kier alpha value is -1.40. The summed E-state index contributed by atoms with van der Waals surface area (Å²) < 4.78 is 27.1. The maximum atomic E-state index is 12.2. The van der Waals surface area contributed by atoms with E-state index in [0.717, 1.165) is 18.4 Å². The molecule has 1 aliphatic carbocycles. The number of benzene rings is 1. The van der Waals surface area contributed by atoms with E-state index in [0.29, 0.717) is 18.9 Å². The third-order valence-electron chi connectivity index (χ3n) is 4.04. The van der Waals surface area contributed by atoms with Gasteiger partial charge in [0.25, 0.3) is 0 Å². The van der Waals surface area contributed by atoms with Crippen LogP contribution in [0.4, 0.5) is 0 Å². The highest BCUT2D eigenvalue weighted by molar-refractivity contribution is 7.89. The Balaban J connectivity index is 1.88. The summed E-state index contributed by atoms with van der Waals surface area (Å²) in [4.78, 5) is 12.2. The first-order chi connectivity index (χ1) is 11.2. The molecule has 6 heteroatoms. The monoisotopic (exact) mass is 352 g/mol. The highest BCUT2D eigenvalue weighted by Crippen LogP contribution is 2.18. The van der Waals surface area contributed by atoms with Crippen LogP contribution in [0, 0.1) is 0 Å². The number of carbonyl (C=O) groups is 1. The molecule has 2 rings (SSSR count). The molecule has 0 aromatic heterocycles. The molecule has 1 aromatic carbocycles. The van der Waals surface area contributed by atoms with Gasteiger partial charge in [0.05, 0.1) is 4.90 Å². The van der Waals surface area contributed by atoms with Gasteiger partial charge in [-0.25, -0.2) is 13.1 Å². The fraction of sp³-hybridized carbons (Fsp3) is 0.611. The van der Waals surface area contributed by atoms with Gasteiger partial charge in [-0.3, -0.25) is 4.79 Å². The number of rotatable bonds is 6. The third kappa shape index (κ3) is 5.91. The van der Waals surface area contributed by atoms with Crippen LogP contribution < -0.4 is 10.0 Å². The molecule has 0 heterocycles. The second-order valence-corrected chi connectivity index (χ2v) is 9.23. The summed E-state index contributed by atoms with van der Waals surface area (Å²) in [6, 6.07) is 7.09. The second-order valence-electron chi connectivity index (χ2n) is 7.55. The van der Waals surface area contributed by atoms with Gasteiger partial charge >= 0.3 is 0 Å². The number of nitrogens with one attached hydrogen (secondary N) is 2. The zero-order chi connectivity index (χ0) is 17.8. The van der Waals surface area contributed by atoms with Crippen LogP contribution in [0.15, 0.2) is 29.2 Å². The van der Waals surface area contributed by atoms with Gasteiger partial charge < -0.3 is 5.32 Å². The van der Waals surface area contributed by atoms with Crippen LogP contribution in [0.25, 0.3) is 0 Å². The summed E-state index contributed by atoms with van der Waals surface area (Å²) in [6.07, 6.45) is 5.61. The van der Waals surface area contributed by atoms with Gasteiger partial charge in [0.1, 0.15) is 0 Å². The van der Waals surface area contributed by atoms with E-state index < -0.39 is 15.6 Å². The molecule has 24 heavy (non-hydrogen) atoms. The minimum Gasteiger partial charge on any atom is -0.353 e. The van der Waals surface area contributed by atoms with Crippen LogP contribution in [0.1, 0.15) is 58.4 Å². The van der Waals surface area contributed by atoms with Crippen molar-refractivity contribution in [1.29, 1.82) is 0 Å². The Kier molecular flexibility index (Phi) is 6.04. The molecule has 0 aliphatic heterocycles. The molecule has 0 atom stereocenters. The van der Waals surface area contributed by atoms with Gasteiger partial charge in [-0.15, -0.1) is 0 Å². The van der Waals surface area contributed by atoms with Gasteiger partial charge in [-0.1, -0.05) is 25.0 Å². The van der Waals surface area contributed by atoms with Crippen LogP contribution in [0.2, 0.25) is 0 Å². The van der Waals surface area contributed by atoms with Gasteiger partial charge in [0, 0.05) is 18.0 Å². The SMILES string of the molecule is CC(C)(C)NS(=O)(=O)c1ccc(CCC(=O)NC2CCCC2)cc1. The van der Waals surface area contributed by atoms with Crippen LogP contribution >= 0.6 is 0 Å². The number of aryl methyl sites for hydroxylation is 1. The molecule has 1 amide bonds. The average Bonchev–Trinajstić information content (AvgIpc) is 2.96. The van der Waals surface area contributed by atoms with Crippen molar-refractivity contribution in [1.82, 2.24) is 10.0 Å². The highest BCUT2D eigenvalue weighted by Gasteiger charge is 2.22. The van der Waals surface area contributed by atoms with E-state index in [2.05, 4.69) is 10.0 Å². The molecule has 0 radical (unpaired) electrons. The maximum absolute atomic E-state index is 12.2. The molecule has 0 unspecified atom stereocenters. The average molecular weight is 353 g/mol. The topological polar surface area (TPSA) is 75.3 Å². The molecular weight excluding hydrogens is 324 g/mol. The molecule has 0 spiro atoms. The summed E-state index contributed by atoms with van der Waals surface area (Å²) in [6.45, 7) is 5.42. The van der Waals surface area contributed by atoms with Crippen molar-refractivity contribution < 1.29 is 13.2 Å². The van der Waals surface area contributed by atoms with E-state index >= 15 is 0 Å². The second kappa shape index (κ2) is 7.66. The molecule has 1 aromatic rings. The van der Waals surface area contributed by atoms with E-state index in [-0.39, 0.29) is 10.8 Å². The van der Waals surface area contributed by atoms with Crippen molar-refractivity contribution >= 4 is 15.9 Å². The van der Waals surface area contributed by atoms with Crippen molar-refractivity contribution in [3.63, 3.8) is 0 Å². The smallest absolute Gasteiger partial charge is 0.241 e. The molecule has 0 saturated heterocycles. The zero-order valence-electron chi connectivity index (χ0n) is 14.8. The van der Waals surface area contributed by atoms with E-state index in [4.69, 9.17) is 0 Å². The molecule has 134 valence electrons. The first kappa shape index (κ1) is 18.9. The number of carbonyl (C=O) groups excluding carboxylic acids is 1. The standard InChI is InChI=1S/C18H28N2O3S/c1-18(2,3)20-24(22,23)16-11-8-14(9-12-16)10-13-17(21)19-15-6-4-5-7-15/h8-9,11-12,15,20H,4-7,10,13H2,1-3H3,(H,19,21). The zero-order valence-corrected chi connectivity index (χ0v) is 15.6. The Morgan fingerprint density at radius 2 is 1.71 bits per heavy atom. The summed E-state index contributed by atoms with van der Waals surface area (Å²) >= 11 is 0. The van der Waals surface area contributed by atoms with Gasteiger partial charge in [0.2, 0.25) is 15.9 Å². The fourth-order valence-corrected chi connectivity index (χ4v) is 4.34. The van der Waals surface area contributed by atoms with Crippen molar-refractivity contribution in [3.05, 3.63) is 29.8 Å². The number of hydrogen-bond donors (Lipinski definition) is 2. The maximum Gasteiger partial charge on any atom is 0.241 e. The highest BCUT2D eigenvalue weighted by atomic mass is 32.2. The lowest BCUT2D eigenvalue weighted by Gasteiger charge is -2.20. The van der Waals surface area contributed by atoms with Crippen LogP contribution in [0.3, 0.4) is 0 Å². The molecule has 2 N–H and O–H groups in total. The van der Waals surface area contributed by atoms with Gasteiger partial charge in [0.15, 0.2) is 0 Å². The molecule has 1 aliphatic rings. The van der Waals surface area contributed by atoms with Gasteiger partial charge in [-0.2, -0.15) is 0 Å². The summed E-state index contributed by atoms with van der Waals surface area (Å²) in [5, 5.41) is 3.07. The first-order valence-electron chi connectivity index (χ1n) is 8.58. The van der Waals surface area contributed by atoms with E-state index in [1.54, 1.807) is 24.3 Å². The Morgan fingerprint density at radius 3 is 2.25 bits per heavy atom. The predicted molar refractivity (Wildman–Crippen MR) is 95.2 cm³/mol. The predicted octanol–water partition coefficient (Wildman–Crippen LogP) is 2.75. The van der Waals surface area contributed by atoms with Crippen molar-refractivity contribution in [2.24, 2.45) is 0 Å². The molecule has 5 nitrogen and oxygen atoms in total. The summed E-state index contributed by atoms with van der Waals surface area (Å²) in [5.41, 5.74) is 0.446. The van der Waals surface area contributed by atoms with Gasteiger partial charge in [-0.05, 0) is 57.7 Å². The first-order valence-corrected chi connectivity index (χ1v) is 10.1. The molecule has 0 bridgehead atoms. The van der Waals surface area contributed by atoms with Crippen LogP contribution in [-0.2, 0) is 21.2 Å². The van der Waals surface area contributed by atoms with E-state index in [1.165, 1.54) is 12.8 Å². The minimum absolute atomic E-state index is 0.0768. The molecule has 1 saturated carbocycles. The molecular formula is C18H28N2O3S. The molecule has 1 fully saturated rings. The minimum atomic E-state index is -3.51. The number of sulfonamides is 1. The lowest BCUT2D eigenvalue weighted by molar-refractivity contribution is -0.121. The van der Waals surface area contributed by atoms with E-state index in [9.17, 15) is 13.2 Å². The quantitative estimate of drug-likeness (QED) is 0.826. The van der Waals surface area contributed by atoms with Crippen molar-refractivity contribution in [2.45, 2.75) is 75.8 Å².